The number of fused-ring (bicyclic) bond motifs is 8. The van der Waals surface area contributed by atoms with E-state index in [9.17, 15) is 0 Å². The molecular weight excluding hydrogens is 607 g/mol. The second-order valence-corrected chi connectivity index (χ2v) is 12.9. The zero-order chi connectivity index (χ0) is 33.0. The van der Waals surface area contributed by atoms with Gasteiger partial charge in [-0.25, -0.2) is 0 Å². The highest BCUT2D eigenvalue weighted by Crippen LogP contribution is 2.42. The SMILES string of the molecule is c1ccc(-c2cccc(N(c3ccc(-c4cc5ccccc5c5ccccc45)cc3)c3ccc4c(c3)oc3ccc5ccccc5c34)c2)cc1. The summed E-state index contributed by atoms with van der Waals surface area (Å²) in [5, 5.41) is 9.76. The molecule has 0 radical (unpaired) electrons. The van der Waals surface area contributed by atoms with E-state index in [0.717, 1.165) is 39.0 Å². The van der Waals surface area contributed by atoms with Gasteiger partial charge in [0.25, 0.3) is 0 Å². The zero-order valence-corrected chi connectivity index (χ0v) is 27.3. The second kappa shape index (κ2) is 11.5. The van der Waals surface area contributed by atoms with Gasteiger partial charge in [0.2, 0.25) is 0 Å². The second-order valence-electron chi connectivity index (χ2n) is 12.9. The van der Waals surface area contributed by atoms with Crippen molar-refractivity contribution in [3.63, 3.8) is 0 Å². The van der Waals surface area contributed by atoms with Gasteiger partial charge < -0.3 is 9.32 Å². The quantitative estimate of drug-likeness (QED) is 0.175. The van der Waals surface area contributed by atoms with Crippen LogP contribution in [-0.2, 0) is 0 Å². The van der Waals surface area contributed by atoms with Crippen molar-refractivity contribution in [1.82, 2.24) is 0 Å². The van der Waals surface area contributed by atoms with Gasteiger partial charge in [0.05, 0.1) is 0 Å². The van der Waals surface area contributed by atoms with Crippen LogP contribution in [0.2, 0.25) is 0 Å². The van der Waals surface area contributed by atoms with Crippen LogP contribution in [0.25, 0.3) is 76.5 Å². The molecule has 0 aliphatic rings. The Bertz CT molecular complexity index is 2870. The standard InChI is InChI=1S/C48H31NO/c1-2-11-32(12-3-1)35-15-10-16-38(29-35)49(39-26-27-44-47(31-39)50-46-28-23-33-13-4-7-18-41(33)48(44)46)37-24-21-34(22-25-37)45-30-36-14-5-6-17-40(36)42-19-8-9-20-43(42)45/h1-31H. The number of furan rings is 1. The molecule has 1 aromatic heterocycles. The van der Waals surface area contributed by atoms with Crippen LogP contribution in [0.4, 0.5) is 17.1 Å². The molecule has 234 valence electrons. The van der Waals surface area contributed by atoms with Crippen LogP contribution in [0.1, 0.15) is 0 Å². The first kappa shape index (κ1) is 28.4. The van der Waals surface area contributed by atoms with E-state index < -0.39 is 0 Å². The van der Waals surface area contributed by atoms with E-state index >= 15 is 0 Å². The highest BCUT2D eigenvalue weighted by atomic mass is 16.3. The Hall–Kier alpha value is -6.64. The van der Waals surface area contributed by atoms with E-state index in [1.165, 1.54) is 54.6 Å². The number of hydrogen-bond acceptors (Lipinski definition) is 2. The number of hydrogen-bond donors (Lipinski definition) is 0. The first-order valence-corrected chi connectivity index (χ1v) is 17.1. The number of nitrogens with zero attached hydrogens (tertiary/aromatic N) is 1. The molecule has 0 atom stereocenters. The van der Waals surface area contributed by atoms with Gasteiger partial charge in [0, 0.05) is 33.9 Å². The van der Waals surface area contributed by atoms with Crippen molar-refractivity contribution in [2.24, 2.45) is 0 Å². The normalized spacial score (nSPS) is 11.6. The molecule has 0 unspecified atom stereocenters. The zero-order valence-electron chi connectivity index (χ0n) is 27.3. The lowest BCUT2D eigenvalue weighted by Gasteiger charge is -2.26. The Morgan fingerprint density at radius 2 is 0.980 bits per heavy atom. The highest BCUT2D eigenvalue weighted by molar-refractivity contribution is 6.19. The molecular formula is C48H31NO. The van der Waals surface area contributed by atoms with E-state index in [2.05, 4.69) is 193 Å². The molecule has 10 aromatic rings. The van der Waals surface area contributed by atoms with Crippen molar-refractivity contribution in [1.29, 1.82) is 0 Å². The first-order valence-electron chi connectivity index (χ1n) is 17.1. The maximum Gasteiger partial charge on any atom is 0.137 e. The molecule has 0 fully saturated rings. The van der Waals surface area contributed by atoms with Crippen molar-refractivity contribution in [2.45, 2.75) is 0 Å². The summed E-state index contributed by atoms with van der Waals surface area (Å²) in [5.74, 6) is 0. The number of anilines is 3. The summed E-state index contributed by atoms with van der Waals surface area (Å²) < 4.78 is 6.54. The molecule has 0 bridgehead atoms. The topological polar surface area (TPSA) is 16.4 Å². The van der Waals surface area contributed by atoms with E-state index in [-0.39, 0.29) is 0 Å². The predicted octanol–water partition coefficient (Wildman–Crippen LogP) is 13.8. The van der Waals surface area contributed by atoms with E-state index in [4.69, 9.17) is 4.42 Å². The largest absolute Gasteiger partial charge is 0.456 e. The fourth-order valence-electron chi connectivity index (χ4n) is 7.66. The number of benzene rings is 9. The third kappa shape index (κ3) is 4.65. The van der Waals surface area contributed by atoms with Crippen LogP contribution >= 0.6 is 0 Å². The van der Waals surface area contributed by atoms with Crippen LogP contribution < -0.4 is 4.90 Å². The van der Waals surface area contributed by atoms with Crippen LogP contribution in [0.3, 0.4) is 0 Å². The summed E-state index contributed by atoms with van der Waals surface area (Å²) in [4.78, 5) is 2.33. The Morgan fingerprint density at radius 3 is 1.82 bits per heavy atom. The van der Waals surface area contributed by atoms with Crippen molar-refractivity contribution < 1.29 is 4.42 Å². The molecule has 2 nitrogen and oxygen atoms in total. The van der Waals surface area contributed by atoms with Gasteiger partial charge in [-0.2, -0.15) is 0 Å². The molecule has 0 saturated heterocycles. The summed E-state index contributed by atoms with van der Waals surface area (Å²) in [5.41, 5.74) is 9.75. The van der Waals surface area contributed by atoms with E-state index in [0.29, 0.717) is 0 Å². The van der Waals surface area contributed by atoms with E-state index in [1.54, 1.807) is 0 Å². The molecule has 2 heteroatoms. The maximum atomic E-state index is 6.54. The molecule has 1 heterocycles. The molecule has 0 aliphatic heterocycles. The average Bonchev–Trinajstić information content (AvgIpc) is 3.57. The molecule has 10 rings (SSSR count). The summed E-state index contributed by atoms with van der Waals surface area (Å²) in [6.45, 7) is 0. The van der Waals surface area contributed by atoms with Gasteiger partial charge in [-0.05, 0) is 103 Å². The Labute approximate surface area is 290 Å². The predicted molar refractivity (Wildman–Crippen MR) is 212 cm³/mol. The molecule has 9 aromatic carbocycles. The van der Waals surface area contributed by atoms with Gasteiger partial charge in [-0.1, -0.05) is 133 Å². The summed E-state index contributed by atoms with van der Waals surface area (Å²) in [6, 6.07) is 67.4. The minimum atomic E-state index is 0.873. The average molecular weight is 638 g/mol. The van der Waals surface area contributed by atoms with Crippen molar-refractivity contribution in [3.05, 3.63) is 188 Å². The molecule has 0 aliphatic carbocycles. The Morgan fingerprint density at radius 1 is 0.320 bits per heavy atom. The molecule has 0 N–H and O–H groups in total. The van der Waals surface area contributed by atoms with Crippen LogP contribution in [0.5, 0.6) is 0 Å². The van der Waals surface area contributed by atoms with E-state index in [1.807, 2.05) is 0 Å². The smallest absolute Gasteiger partial charge is 0.137 e. The highest BCUT2D eigenvalue weighted by Gasteiger charge is 2.18. The van der Waals surface area contributed by atoms with Crippen molar-refractivity contribution in [3.8, 4) is 22.3 Å². The third-order valence-electron chi connectivity index (χ3n) is 10.0. The monoisotopic (exact) mass is 637 g/mol. The van der Waals surface area contributed by atoms with Crippen LogP contribution in [-0.4, -0.2) is 0 Å². The fourth-order valence-corrected chi connectivity index (χ4v) is 7.66. The van der Waals surface area contributed by atoms with Crippen molar-refractivity contribution in [2.75, 3.05) is 4.90 Å². The van der Waals surface area contributed by atoms with Gasteiger partial charge in [0.1, 0.15) is 11.2 Å². The van der Waals surface area contributed by atoms with Crippen LogP contribution in [0, 0.1) is 0 Å². The minimum Gasteiger partial charge on any atom is -0.456 e. The van der Waals surface area contributed by atoms with Gasteiger partial charge >= 0.3 is 0 Å². The molecule has 50 heavy (non-hydrogen) atoms. The molecule has 0 amide bonds. The fraction of sp³-hybridized carbons (Fsp3) is 0. The van der Waals surface area contributed by atoms with Crippen molar-refractivity contribution >= 4 is 71.3 Å². The van der Waals surface area contributed by atoms with Gasteiger partial charge in [-0.3, -0.25) is 0 Å². The third-order valence-corrected chi connectivity index (χ3v) is 10.0. The van der Waals surface area contributed by atoms with Gasteiger partial charge in [0.15, 0.2) is 0 Å². The molecule has 0 spiro atoms. The first-order chi connectivity index (χ1) is 24.8. The summed E-state index contributed by atoms with van der Waals surface area (Å²) in [7, 11) is 0. The minimum absolute atomic E-state index is 0.873. The summed E-state index contributed by atoms with van der Waals surface area (Å²) in [6.07, 6.45) is 0. The molecule has 0 saturated carbocycles. The number of rotatable bonds is 5. The van der Waals surface area contributed by atoms with Gasteiger partial charge in [-0.15, -0.1) is 0 Å². The lowest BCUT2D eigenvalue weighted by atomic mass is 9.93. The maximum absolute atomic E-state index is 6.54. The summed E-state index contributed by atoms with van der Waals surface area (Å²) >= 11 is 0. The van der Waals surface area contributed by atoms with Crippen LogP contribution in [0.15, 0.2) is 192 Å². The Kier molecular flexibility index (Phi) is 6.53. The Balaban J connectivity index is 1.14. The lowest BCUT2D eigenvalue weighted by molar-refractivity contribution is 0.669. The lowest BCUT2D eigenvalue weighted by Crippen LogP contribution is -2.10.